The molecule has 0 saturated carbocycles. The van der Waals surface area contributed by atoms with Gasteiger partial charge in [0.1, 0.15) is 11.9 Å². The number of morpholine rings is 1. The lowest BCUT2D eigenvalue weighted by Gasteiger charge is -2.34. The summed E-state index contributed by atoms with van der Waals surface area (Å²) in [7, 11) is -3.48. The van der Waals surface area contributed by atoms with Crippen molar-refractivity contribution in [1.29, 1.82) is 0 Å². The molecule has 2 aromatic rings. The number of rotatable bonds is 7. The van der Waals surface area contributed by atoms with Crippen LogP contribution in [-0.4, -0.2) is 59.8 Å². The molecule has 0 spiro atoms. The summed E-state index contributed by atoms with van der Waals surface area (Å²) in [5.41, 5.74) is 2.57. The minimum absolute atomic E-state index is 0.262. The Hall–Kier alpha value is -2.07. The quantitative estimate of drug-likeness (QED) is 0.761. The first-order valence-electron chi connectivity index (χ1n) is 9.47. The number of nitrogens with zero attached hydrogens (tertiary/aromatic N) is 4. The number of anilines is 2. The van der Waals surface area contributed by atoms with Crippen molar-refractivity contribution >= 4 is 21.7 Å². The molecule has 152 valence electrons. The number of aromatic nitrogens is 2. The second kappa shape index (κ2) is 8.95. The summed E-state index contributed by atoms with van der Waals surface area (Å²) in [5.74, 6) is 0.780. The third-order valence-corrected chi connectivity index (χ3v) is 6.93. The highest BCUT2D eigenvalue weighted by molar-refractivity contribution is 7.86. The monoisotopic (exact) mass is 405 g/mol. The minimum Gasteiger partial charge on any atom is -0.369 e. The first kappa shape index (κ1) is 20.7. The summed E-state index contributed by atoms with van der Waals surface area (Å²) in [4.78, 5) is 8.79. The van der Waals surface area contributed by atoms with Crippen LogP contribution in [0.25, 0.3) is 0 Å². The van der Waals surface area contributed by atoms with E-state index < -0.39 is 10.2 Å². The predicted molar refractivity (Wildman–Crippen MR) is 109 cm³/mol. The Morgan fingerprint density at radius 3 is 2.68 bits per heavy atom. The summed E-state index contributed by atoms with van der Waals surface area (Å²) < 4.78 is 34.3. The van der Waals surface area contributed by atoms with Crippen molar-refractivity contribution in [3.63, 3.8) is 0 Å². The highest BCUT2D eigenvalue weighted by atomic mass is 32.2. The van der Waals surface area contributed by atoms with Crippen LogP contribution in [0.5, 0.6) is 0 Å². The van der Waals surface area contributed by atoms with Gasteiger partial charge in [-0.1, -0.05) is 19.9 Å². The summed E-state index contributed by atoms with van der Waals surface area (Å²) >= 11 is 0. The zero-order valence-corrected chi connectivity index (χ0v) is 17.3. The second-order valence-electron chi connectivity index (χ2n) is 6.58. The van der Waals surface area contributed by atoms with Gasteiger partial charge >= 0.3 is 0 Å². The molecule has 0 aromatic carbocycles. The maximum Gasteiger partial charge on any atom is 0.282 e. The van der Waals surface area contributed by atoms with Crippen LogP contribution in [0.1, 0.15) is 31.2 Å². The smallest absolute Gasteiger partial charge is 0.282 e. The topological polar surface area (TPSA) is 87.7 Å². The number of hydrogen-bond donors (Lipinski definition) is 1. The summed E-state index contributed by atoms with van der Waals surface area (Å²) in [5, 5.41) is 3.24. The van der Waals surface area contributed by atoms with Crippen LogP contribution in [0.3, 0.4) is 0 Å². The van der Waals surface area contributed by atoms with Crippen molar-refractivity contribution in [3.05, 3.63) is 47.9 Å². The fourth-order valence-electron chi connectivity index (χ4n) is 3.15. The molecule has 1 unspecified atom stereocenters. The van der Waals surface area contributed by atoms with E-state index in [1.807, 2.05) is 45.0 Å². The molecule has 0 amide bonds. The van der Waals surface area contributed by atoms with E-state index in [1.165, 1.54) is 8.61 Å². The Morgan fingerprint density at radius 1 is 1.25 bits per heavy atom. The summed E-state index contributed by atoms with van der Waals surface area (Å²) in [6, 6.07) is 7.63. The lowest BCUT2D eigenvalue weighted by Crippen LogP contribution is -2.49. The SMILES string of the molecule is CCN(CC)S(=O)(=O)N1CCOC(c2ccc(Nc3ncccc3C)cn2)C1. The molecule has 1 aliphatic heterocycles. The fraction of sp³-hybridized carbons (Fsp3) is 0.474. The molecule has 1 aliphatic rings. The zero-order valence-electron chi connectivity index (χ0n) is 16.5. The molecule has 1 N–H and O–H groups in total. The van der Waals surface area contributed by atoms with Crippen molar-refractivity contribution in [1.82, 2.24) is 18.6 Å². The van der Waals surface area contributed by atoms with Gasteiger partial charge in [0.15, 0.2) is 0 Å². The Kier molecular flexibility index (Phi) is 6.61. The first-order chi connectivity index (χ1) is 13.5. The zero-order chi connectivity index (χ0) is 20.1. The van der Waals surface area contributed by atoms with Gasteiger partial charge in [0.2, 0.25) is 0 Å². The van der Waals surface area contributed by atoms with Gasteiger partial charge in [-0.25, -0.2) is 4.98 Å². The van der Waals surface area contributed by atoms with Gasteiger partial charge in [-0.2, -0.15) is 17.0 Å². The van der Waals surface area contributed by atoms with Crippen LogP contribution in [0.2, 0.25) is 0 Å². The van der Waals surface area contributed by atoms with Crippen molar-refractivity contribution in [2.75, 3.05) is 38.1 Å². The lowest BCUT2D eigenvalue weighted by molar-refractivity contribution is -0.00657. The largest absolute Gasteiger partial charge is 0.369 e. The molecule has 8 nitrogen and oxygen atoms in total. The molecular weight excluding hydrogens is 378 g/mol. The van der Waals surface area contributed by atoms with Crippen LogP contribution < -0.4 is 5.32 Å². The van der Waals surface area contributed by atoms with Gasteiger partial charge in [0, 0.05) is 32.4 Å². The third kappa shape index (κ3) is 4.49. The molecule has 0 aliphatic carbocycles. The molecule has 1 saturated heterocycles. The van der Waals surface area contributed by atoms with E-state index >= 15 is 0 Å². The average molecular weight is 406 g/mol. The van der Waals surface area contributed by atoms with Crippen molar-refractivity contribution < 1.29 is 13.2 Å². The highest BCUT2D eigenvalue weighted by Gasteiger charge is 2.33. The Balaban J connectivity index is 1.71. The second-order valence-corrected chi connectivity index (χ2v) is 8.50. The molecule has 0 radical (unpaired) electrons. The lowest BCUT2D eigenvalue weighted by atomic mass is 10.2. The Bertz CT molecular complexity index is 885. The van der Waals surface area contributed by atoms with E-state index in [0.29, 0.717) is 31.9 Å². The van der Waals surface area contributed by atoms with Crippen LogP contribution in [-0.2, 0) is 14.9 Å². The maximum absolute atomic E-state index is 12.8. The molecule has 2 aromatic heterocycles. The van der Waals surface area contributed by atoms with E-state index in [9.17, 15) is 8.42 Å². The predicted octanol–water partition coefficient (Wildman–Crippen LogP) is 2.49. The van der Waals surface area contributed by atoms with Crippen LogP contribution in [0.4, 0.5) is 11.5 Å². The van der Waals surface area contributed by atoms with Gasteiger partial charge in [0.25, 0.3) is 10.2 Å². The summed E-state index contributed by atoms with van der Waals surface area (Å²) in [6.45, 7) is 7.54. The van der Waals surface area contributed by atoms with Crippen LogP contribution in [0.15, 0.2) is 36.7 Å². The minimum atomic E-state index is -3.48. The van der Waals surface area contributed by atoms with Crippen LogP contribution >= 0.6 is 0 Å². The normalized spacial score (nSPS) is 18.4. The van der Waals surface area contributed by atoms with Crippen molar-refractivity contribution in [3.8, 4) is 0 Å². The number of ether oxygens (including phenoxy) is 1. The van der Waals surface area contributed by atoms with E-state index in [1.54, 1.807) is 12.4 Å². The highest BCUT2D eigenvalue weighted by Crippen LogP contribution is 2.25. The molecule has 3 rings (SSSR count). The van der Waals surface area contributed by atoms with E-state index in [0.717, 1.165) is 17.1 Å². The molecule has 3 heterocycles. The molecule has 1 fully saturated rings. The van der Waals surface area contributed by atoms with E-state index in [4.69, 9.17) is 4.74 Å². The molecular formula is C19H27N5O3S. The van der Waals surface area contributed by atoms with Gasteiger partial charge in [-0.15, -0.1) is 0 Å². The summed E-state index contributed by atoms with van der Waals surface area (Å²) in [6.07, 6.45) is 3.06. The van der Waals surface area contributed by atoms with Crippen molar-refractivity contribution in [2.45, 2.75) is 26.9 Å². The van der Waals surface area contributed by atoms with Gasteiger partial charge in [-0.05, 0) is 30.7 Å². The number of hydrogen-bond acceptors (Lipinski definition) is 6. The van der Waals surface area contributed by atoms with Gasteiger partial charge in [0.05, 0.1) is 24.2 Å². The number of aryl methyl sites for hydroxylation is 1. The fourth-order valence-corrected chi connectivity index (χ4v) is 4.76. The van der Waals surface area contributed by atoms with Gasteiger partial charge in [-0.3, -0.25) is 4.98 Å². The Morgan fingerprint density at radius 2 is 2.04 bits per heavy atom. The van der Waals surface area contributed by atoms with Crippen molar-refractivity contribution in [2.24, 2.45) is 0 Å². The average Bonchev–Trinajstić information content (AvgIpc) is 2.71. The van der Waals surface area contributed by atoms with Crippen LogP contribution in [0, 0.1) is 6.92 Å². The first-order valence-corrected chi connectivity index (χ1v) is 10.9. The van der Waals surface area contributed by atoms with E-state index in [-0.39, 0.29) is 12.6 Å². The molecule has 28 heavy (non-hydrogen) atoms. The molecule has 0 bridgehead atoms. The molecule has 9 heteroatoms. The number of pyridine rings is 2. The maximum atomic E-state index is 12.8. The Labute approximate surface area is 166 Å². The standard InChI is InChI=1S/C19H27N5O3S/c1-4-23(5-2)28(25,26)24-11-12-27-18(14-24)17-9-8-16(13-21-17)22-19-15(3)7-6-10-20-19/h6-10,13,18H,4-5,11-12,14H2,1-3H3,(H,20,22). The van der Waals surface area contributed by atoms with Gasteiger partial charge < -0.3 is 10.1 Å². The van der Waals surface area contributed by atoms with E-state index in [2.05, 4.69) is 15.3 Å². The number of nitrogens with one attached hydrogen (secondary N) is 1. The molecule has 1 atom stereocenters. The third-order valence-electron chi connectivity index (χ3n) is 4.78.